The van der Waals surface area contributed by atoms with Gasteiger partial charge in [-0.05, 0) is 24.6 Å². The van der Waals surface area contributed by atoms with Crippen LogP contribution in [0, 0.1) is 11.8 Å². The average Bonchev–Trinajstić information content (AvgIpc) is 3.03. The lowest BCUT2D eigenvalue weighted by atomic mass is 9.97. The second-order valence-corrected chi connectivity index (χ2v) is 6.70. The van der Waals surface area contributed by atoms with E-state index in [9.17, 15) is 13.2 Å². The molecule has 0 spiro atoms. The zero-order chi connectivity index (χ0) is 18.1. The molecule has 26 heavy (non-hydrogen) atoms. The van der Waals surface area contributed by atoms with Crippen molar-refractivity contribution in [2.75, 3.05) is 19.7 Å². The Morgan fingerprint density at radius 1 is 1.08 bits per heavy atom. The predicted octanol–water partition coefficient (Wildman–Crippen LogP) is 3.60. The number of aromatic nitrogens is 1. The zero-order valence-electron chi connectivity index (χ0n) is 14.2. The van der Waals surface area contributed by atoms with Crippen molar-refractivity contribution in [2.24, 2.45) is 0 Å². The molecule has 6 heteroatoms. The van der Waals surface area contributed by atoms with Crippen LogP contribution in [0.15, 0.2) is 42.6 Å². The van der Waals surface area contributed by atoms with Crippen molar-refractivity contribution in [3.05, 3.63) is 59.4 Å². The van der Waals surface area contributed by atoms with Crippen molar-refractivity contribution in [3.8, 4) is 11.8 Å². The van der Waals surface area contributed by atoms with E-state index in [4.69, 9.17) is 4.74 Å². The summed E-state index contributed by atoms with van der Waals surface area (Å²) in [5.74, 6) is 6.26. The number of rotatable bonds is 1. The fourth-order valence-electron chi connectivity index (χ4n) is 3.78. The first-order chi connectivity index (χ1) is 12.5. The summed E-state index contributed by atoms with van der Waals surface area (Å²) < 4.78 is 46.5. The van der Waals surface area contributed by atoms with Gasteiger partial charge in [0.25, 0.3) is 0 Å². The summed E-state index contributed by atoms with van der Waals surface area (Å²) in [5, 5.41) is 0. The molecule has 0 N–H and O–H groups in total. The first kappa shape index (κ1) is 17.2. The van der Waals surface area contributed by atoms with Gasteiger partial charge in [0.15, 0.2) is 0 Å². The minimum Gasteiger partial charge on any atom is -0.369 e. The Morgan fingerprint density at radius 3 is 2.62 bits per heavy atom. The number of hydrogen-bond donors (Lipinski definition) is 0. The highest BCUT2D eigenvalue weighted by atomic mass is 19.4. The first-order valence-corrected chi connectivity index (χ1v) is 8.69. The van der Waals surface area contributed by atoms with E-state index >= 15 is 0 Å². The highest BCUT2D eigenvalue weighted by Gasteiger charge is 2.42. The summed E-state index contributed by atoms with van der Waals surface area (Å²) in [7, 11) is 0. The lowest BCUT2D eigenvalue weighted by Crippen LogP contribution is -2.52. The van der Waals surface area contributed by atoms with Gasteiger partial charge in [-0.2, -0.15) is 13.2 Å². The minimum absolute atomic E-state index is 0.234. The summed E-state index contributed by atoms with van der Waals surface area (Å²) in [6.07, 6.45) is -1.90. The number of alkyl halides is 3. The molecule has 2 aliphatic rings. The van der Waals surface area contributed by atoms with Crippen LogP contribution in [0.3, 0.4) is 0 Å². The Labute approximate surface area is 150 Å². The topological polar surface area (TPSA) is 17.4 Å². The average molecular weight is 360 g/mol. The molecule has 1 aromatic heterocycles. The van der Waals surface area contributed by atoms with Gasteiger partial charge in [-0.25, -0.2) is 0 Å². The van der Waals surface area contributed by atoms with Crippen LogP contribution in [0.4, 0.5) is 13.2 Å². The number of benzene rings is 1. The van der Waals surface area contributed by atoms with Crippen molar-refractivity contribution in [1.82, 2.24) is 9.47 Å². The SMILES string of the molecule is FC(F)(F)CN1CCOC2c3cc(C#Cc4ccccc4)cn3CCC21. The third-order valence-corrected chi connectivity index (χ3v) is 4.89. The molecule has 0 aliphatic carbocycles. The van der Waals surface area contributed by atoms with Gasteiger partial charge >= 0.3 is 6.18 Å². The highest BCUT2D eigenvalue weighted by Crippen LogP contribution is 2.37. The van der Waals surface area contributed by atoms with E-state index in [1.54, 1.807) is 0 Å². The Kier molecular flexibility index (Phi) is 4.51. The van der Waals surface area contributed by atoms with Crippen LogP contribution < -0.4 is 0 Å². The number of hydrogen-bond acceptors (Lipinski definition) is 2. The molecule has 2 atom stereocenters. The summed E-state index contributed by atoms with van der Waals surface area (Å²) in [5.41, 5.74) is 2.71. The van der Waals surface area contributed by atoms with E-state index < -0.39 is 12.7 Å². The minimum atomic E-state index is -4.19. The maximum atomic E-state index is 12.9. The molecule has 0 radical (unpaired) electrons. The van der Waals surface area contributed by atoms with Crippen molar-refractivity contribution in [2.45, 2.75) is 31.3 Å². The molecule has 0 saturated carbocycles. The van der Waals surface area contributed by atoms with Crippen molar-refractivity contribution in [1.29, 1.82) is 0 Å². The van der Waals surface area contributed by atoms with Gasteiger partial charge in [-0.3, -0.25) is 4.90 Å². The third-order valence-electron chi connectivity index (χ3n) is 4.89. The van der Waals surface area contributed by atoms with E-state index in [1.807, 2.05) is 42.6 Å². The van der Waals surface area contributed by atoms with E-state index in [2.05, 4.69) is 16.4 Å². The quantitative estimate of drug-likeness (QED) is 0.723. The Balaban J connectivity index is 1.56. The molecule has 2 unspecified atom stereocenters. The maximum absolute atomic E-state index is 12.9. The monoisotopic (exact) mass is 360 g/mol. The van der Waals surface area contributed by atoms with Gasteiger partial charge in [0.2, 0.25) is 0 Å². The molecule has 4 rings (SSSR count). The lowest BCUT2D eigenvalue weighted by Gasteiger charge is -2.44. The van der Waals surface area contributed by atoms with Crippen molar-refractivity contribution >= 4 is 0 Å². The molecule has 2 aromatic rings. The van der Waals surface area contributed by atoms with Crippen LogP contribution in [-0.4, -0.2) is 41.4 Å². The van der Waals surface area contributed by atoms with Crippen LogP contribution in [0.2, 0.25) is 0 Å². The van der Waals surface area contributed by atoms with Gasteiger partial charge in [0.05, 0.1) is 13.2 Å². The van der Waals surface area contributed by atoms with Crippen molar-refractivity contribution < 1.29 is 17.9 Å². The molecule has 1 fully saturated rings. The molecule has 0 bridgehead atoms. The molecule has 136 valence electrons. The number of morpholine rings is 1. The summed E-state index contributed by atoms with van der Waals surface area (Å²) in [4.78, 5) is 1.51. The van der Waals surface area contributed by atoms with Crippen LogP contribution in [0.25, 0.3) is 0 Å². The molecule has 3 heterocycles. The number of fused-ring (bicyclic) bond motifs is 3. The smallest absolute Gasteiger partial charge is 0.369 e. The van der Waals surface area contributed by atoms with Crippen molar-refractivity contribution in [3.63, 3.8) is 0 Å². The van der Waals surface area contributed by atoms with Crippen LogP contribution in [0.1, 0.15) is 29.3 Å². The van der Waals surface area contributed by atoms with E-state index in [1.165, 1.54) is 4.90 Å². The Morgan fingerprint density at radius 2 is 1.85 bits per heavy atom. The fourth-order valence-corrected chi connectivity index (χ4v) is 3.78. The zero-order valence-corrected chi connectivity index (χ0v) is 14.2. The van der Waals surface area contributed by atoms with Gasteiger partial charge in [0, 0.05) is 42.1 Å². The van der Waals surface area contributed by atoms with Gasteiger partial charge in [0.1, 0.15) is 6.10 Å². The van der Waals surface area contributed by atoms with Crippen LogP contribution in [-0.2, 0) is 11.3 Å². The summed E-state index contributed by atoms with van der Waals surface area (Å²) >= 11 is 0. The van der Waals surface area contributed by atoms with Gasteiger partial charge in [-0.15, -0.1) is 0 Å². The highest BCUT2D eigenvalue weighted by molar-refractivity contribution is 5.43. The molecule has 1 aromatic carbocycles. The number of aryl methyl sites for hydroxylation is 1. The summed E-state index contributed by atoms with van der Waals surface area (Å²) in [6, 6.07) is 11.4. The third kappa shape index (κ3) is 3.64. The van der Waals surface area contributed by atoms with E-state index in [0.29, 0.717) is 26.1 Å². The summed E-state index contributed by atoms with van der Waals surface area (Å²) in [6.45, 7) is 0.440. The fraction of sp³-hybridized carbons (Fsp3) is 0.400. The molecular weight excluding hydrogens is 341 g/mol. The van der Waals surface area contributed by atoms with Gasteiger partial charge in [-0.1, -0.05) is 30.0 Å². The number of halogens is 3. The Bertz CT molecular complexity index is 832. The normalized spacial score (nSPS) is 22.9. The second-order valence-electron chi connectivity index (χ2n) is 6.70. The van der Waals surface area contributed by atoms with E-state index in [0.717, 1.165) is 16.8 Å². The van der Waals surface area contributed by atoms with Gasteiger partial charge < -0.3 is 9.30 Å². The molecule has 0 amide bonds. The maximum Gasteiger partial charge on any atom is 0.401 e. The Hall–Kier alpha value is -2.23. The van der Waals surface area contributed by atoms with Crippen LogP contribution >= 0.6 is 0 Å². The first-order valence-electron chi connectivity index (χ1n) is 8.69. The molecule has 1 saturated heterocycles. The molecular formula is C20H19F3N2O. The largest absolute Gasteiger partial charge is 0.401 e. The predicted molar refractivity (Wildman–Crippen MR) is 91.6 cm³/mol. The number of nitrogens with zero attached hydrogens (tertiary/aromatic N) is 2. The standard InChI is InChI=1S/C20H19F3N2O/c21-20(22,23)14-25-10-11-26-19-17(25)8-9-24-13-16(12-18(19)24)7-6-15-4-2-1-3-5-15/h1-5,12-13,17,19H,8-11,14H2. The second kappa shape index (κ2) is 6.82. The van der Waals surface area contributed by atoms with E-state index in [-0.39, 0.29) is 12.1 Å². The number of ether oxygens (including phenoxy) is 1. The van der Waals surface area contributed by atoms with Crippen LogP contribution in [0.5, 0.6) is 0 Å². The lowest BCUT2D eigenvalue weighted by molar-refractivity contribution is -0.176. The molecule has 2 aliphatic heterocycles. The molecule has 3 nitrogen and oxygen atoms in total.